The maximum absolute atomic E-state index is 11.8. The summed E-state index contributed by atoms with van der Waals surface area (Å²) in [5.41, 5.74) is 0.293. The van der Waals surface area contributed by atoms with Gasteiger partial charge in [0.25, 0.3) is 11.6 Å². The second kappa shape index (κ2) is 6.14. The number of aliphatic hydroxyl groups excluding tert-OH is 1. The van der Waals surface area contributed by atoms with Crippen LogP contribution in [0.4, 0.5) is 5.69 Å². The lowest BCUT2D eigenvalue weighted by molar-refractivity contribution is -0.384. The van der Waals surface area contributed by atoms with Crippen LogP contribution in [0.3, 0.4) is 0 Å². The minimum absolute atomic E-state index is 0.101. The van der Waals surface area contributed by atoms with Gasteiger partial charge >= 0.3 is 0 Å². The molecule has 0 bridgehead atoms. The van der Waals surface area contributed by atoms with Gasteiger partial charge in [-0.05, 0) is 19.1 Å². The summed E-state index contributed by atoms with van der Waals surface area (Å²) in [6.45, 7) is 1.47. The number of carbonyl (C=O) groups is 1. The predicted octanol–water partition coefficient (Wildman–Crippen LogP) is 0.891. The molecule has 2 N–H and O–H groups in total. The third-order valence-electron chi connectivity index (χ3n) is 2.80. The van der Waals surface area contributed by atoms with Gasteiger partial charge in [-0.2, -0.15) is 5.10 Å². The van der Waals surface area contributed by atoms with Crippen molar-refractivity contribution in [1.29, 1.82) is 0 Å². The lowest BCUT2D eigenvalue weighted by Crippen LogP contribution is -2.35. The van der Waals surface area contributed by atoms with E-state index in [4.69, 9.17) is 5.11 Å². The molecule has 1 heterocycles. The first-order valence-corrected chi connectivity index (χ1v) is 6.24. The molecule has 21 heavy (non-hydrogen) atoms. The number of nitro groups is 1. The molecular weight excluding hydrogens is 276 g/mol. The van der Waals surface area contributed by atoms with Gasteiger partial charge in [0.1, 0.15) is 5.69 Å². The van der Waals surface area contributed by atoms with Gasteiger partial charge in [0.2, 0.25) is 0 Å². The summed E-state index contributed by atoms with van der Waals surface area (Å²) in [6.07, 6.45) is 1.47. The van der Waals surface area contributed by atoms with E-state index < -0.39 is 16.9 Å². The Morgan fingerprint density at radius 3 is 2.86 bits per heavy atom. The van der Waals surface area contributed by atoms with E-state index in [0.717, 1.165) is 0 Å². The van der Waals surface area contributed by atoms with Crippen LogP contribution in [-0.2, 0) is 0 Å². The molecule has 0 aliphatic rings. The van der Waals surface area contributed by atoms with Crippen molar-refractivity contribution in [3.8, 4) is 5.69 Å². The van der Waals surface area contributed by atoms with Crippen LogP contribution in [0.25, 0.3) is 5.69 Å². The lowest BCUT2D eigenvalue weighted by Gasteiger charge is -2.08. The number of hydrogen-bond donors (Lipinski definition) is 2. The number of rotatable bonds is 5. The van der Waals surface area contributed by atoms with Crippen LogP contribution in [0.15, 0.2) is 36.5 Å². The van der Waals surface area contributed by atoms with Gasteiger partial charge in [-0.3, -0.25) is 14.9 Å². The maximum atomic E-state index is 11.8. The van der Waals surface area contributed by atoms with Crippen molar-refractivity contribution < 1.29 is 14.8 Å². The highest BCUT2D eigenvalue weighted by Gasteiger charge is 2.17. The van der Waals surface area contributed by atoms with E-state index in [2.05, 4.69) is 10.4 Å². The molecule has 2 aromatic rings. The highest BCUT2D eigenvalue weighted by Crippen LogP contribution is 2.21. The summed E-state index contributed by atoms with van der Waals surface area (Å²) in [5, 5.41) is 26.5. The van der Waals surface area contributed by atoms with Crippen LogP contribution >= 0.6 is 0 Å². The van der Waals surface area contributed by atoms with Crippen molar-refractivity contribution in [3.63, 3.8) is 0 Å². The molecule has 8 nitrogen and oxygen atoms in total. The van der Waals surface area contributed by atoms with Gasteiger partial charge in [0.15, 0.2) is 5.69 Å². The Bertz CT molecular complexity index is 668. The van der Waals surface area contributed by atoms with Crippen molar-refractivity contribution in [2.24, 2.45) is 0 Å². The molecule has 0 saturated heterocycles. The molecule has 1 amide bonds. The molecule has 2 rings (SSSR count). The lowest BCUT2D eigenvalue weighted by atomic mass is 10.3. The van der Waals surface area contributed by atoms with Crippen molar-refractivity contribution in [2.75, 3.05) is 6.61 Å². The van der Waals surface area contributed by atoms with Crippen LogP contribution in [0.1, 0.15) is 17.4 Å². The summed E-state index contributed by atoms with van der Waals surface area (Å²) in [4.78, 5) is 22.3. The Kier molecular flexibility index (Phi) is 4.29. The van der Waals surface area contributed by atoms with E-state index in [-0.39, 0.29) is 23.7 Å². The van der Waals surface area contributed by atoms with Crippen molar-refractivity contribution in [1.82, 2.24) is 15.1 Å². The zero-order valence-electron chi connectivity index (χ0n) is 11.3. The maximum Gasteiger partial charge on any atom is 0.294 e. The minimum atomic E-state index is -0.509. The highest BCUT2D eigenvalue weighted by molar-refractivity contribution is 5.92. The van der Waals surface area contributed by atoms with Gasteiger partial charge in [0, 0.05) is 18.3 Å². The van der Waals surface area contributed by atoms with Gasteiger partial charge < -0.3 is 10.4 Å². The Labute approximate surface area is 120 Å². The van der Waals surface area contributed by atoms with Crippen LogP contribution in [0.2, 0.25) is 0 Å². The molecule has 1 atom stereocenters. The van der Waals surface area contributed by atoms with Gasteiger partial charge in [0.05, 0.1) is 11.5 Å². The molecule has 0 radical (unpaired) electrons. The van der Waals surface area contributed by atoms with Gasteiger partial charge in [-0.25, -0.2) is 4.68 Å². The molecule has 1 aromatic carbocycles. The second-order valence-corrected chi connectivity index (χ2v) is 4.45. The standard InChI is InChI=1S/C13H14N4O4/c1-9(8-18)14-13(19)10-6-7-16(15-10)11-4-2-3-5-12(11)17(20)21/h2-7,9,18H,8H2,1H3,(H,14,19)/t9-/m0/s1. The Morgan fingerprint density at radius 2 is 2.19 bits per heavy atom. The molecule has 0 aliphatic heterocycles. The predicted molar refractivity (Wildman–Crippen MR) is 74.2 cm³/mol. The summed E-state index contributed by atoms with van der Waals surface area (Å²) in [6, 6.07) is 7.18. The second-order valence-electron chi connectivity index (χ2n) is 4.45. The third-order valence-corrected chi connectivity index (χ3v) is 2.80. The fourth-order valence-electron chi connectivity index (χ4n) is 1.73. The first-order valence-electron chi connectivity index (χ1n) is 6.24. The summed E-state index contributed by atoms with van der Waals surface area (Å²) in [7, 11) is 0. The molecule has 0 saturated carbocycles. The minimum Gasteiger partial charge on any atom is -0.394 e. The molecule has 110 valence electrons. The van der Waals surface area contributed by atoms with E-state index in [0.29, 0.717) is 0 Å². The monoisotopic (exact) mass is 290 g/mol. The van der Waals surface area contributed by atoms with E-state index in [1.807, 2.05) is 0 Å². The number of benzene rings is 1. The highest BCUT2D eigenvalue weighted by atomic mass is 16.6. The van der Waals surface area contributed by atoms with Gasteiger partial charge in [-0.1, -0.05) is 12.1 Å². The topological polar surface area (TPSA) is 110 Å². The third kappa shape index (κ3) is 3.23. The number of aliphatic hydroxyl groups is 1. The van der Waals surface area contributed by atoms with E-state index in [1.165, 1.54) is 23.0 Å². The normalized spacial score (nSPS) is 11.9. The van der Waals surface area contributed by atoms with Crippen LogP contribution in [0, 0.1) is 10.1 Å². The average molecular weight is 290 g/mol. The average Bonchev–Trinajstić information content (AvgIpc) is 2.96. The summed E-state index contributed by atoms with van der Waals surface area (Å²) >= 11 is 0. The Hall–Kier alpha value is -2.74. The SMILES string of the molecule is C[C@@H](CO)NC(=O)c1ccn(-c2ccccc2[N+](=O)[O-])n1. The number of nitrogens with zero attached hydrogens (tertiary/aromatic N) is 3. The Morgan fingerprint density at radius 1 is 1.48 bits per heavy atom. The number of para-hydroxylation sites is 2. The first-order chi connectivity index (χ1) is 10.0. The molecule has 1 aromatic heterocycles. The largest absolute Gasteiger partial charge is 0.394 e. The zero-order valence-corrected chi connectivity index (χ0v) is 11.3. The number of amides is 1. The van der Waals surface area contributed by atoms with Crippen LogP contribution < -0.4 is 5.32 Å². The Balaban J connectivity index is 2.28. The van der Waals surface area contributed by atoms with Crippen molar-refractivity contribution in [2.45, 2.75) is 13.0 Å². The number of aromatic nitrogens is 2. The van der Waals surface area contributed by atoms with Crippen LogP contribution in [-0.4, -0.2) is 38.4 Å². The quantitative estimate of drug-likeness (QED) is 0.627. The van der Waals surface area contributed by atoms with E-state index in [9.17, 15) is 14.9 Å². The molecule has 0 unspecified atom stereocenters. The molecule has 0 spiro atoms. The van der Waals surface area contributed by atoms with Crippen molar-refractivity contribution in [3.05, 3.63) is 52.3 Å². The first kappa shape index (κ1) is 14.7. The van der Waals surface area contributed by atoms with E-state index in [1.54, 1.807) is 25.1 Å². The molecule has 0 aliphatic carbocycles. The molecular formula is C13H14N4O4. The fraction of sp³-hybridized carbons (Fsp3) is 0.231. The van der Waals surface area contributed by atoms with Gasteiger partial charge in [-0.15, -0.1) is 0 Å². The number of hydrogen-bond acceptors (Lipinski definition) is 5. The van der Waals surface area contributed by atoms with E-state index >= 15 is 0 Å². The zero-order chi connectivity index (χ0) is 15.4. The van der Waals surface area contributed by atoms with Crippen molar-refractivity contribution >= 4 is 11.6 Å². The molecule has 8 heteroatoms. The fourth-order valence-corrected chi connectivity index (χ4v) is 1.73. The van der Waals surface area contributed by atoms with Crippen LogP contribution in [0.5, 0.6) is 0 Å². The molecule has 0 fully saturated rings. The number of carbonyl (C=O) groups excluding carboxylic acids is 1. The summed E-state index contributed by atoms with van der Waals surface area (Å²) < 4.78 is 1.27. The number of nitrogens with one attached hydrogen (secondary N) is 1. The number of nitro benzene ring substituents is 1. The smallest absolute Gasteiger partial charge is 0.294 e. The summed E-state index contributed by atoms with van der Waals surface area (Å²) in [5.74, 6) is -0.450.